The molecule has 3 N–H and O–H groups in total. The molecule has 2 rings (SSSR count). The Balaban J connectivity index is 2.07. The minimum absolute atomic E-state index is 0.0197. The van der Waals surface area contributed by atoms with Crippen LogP contribution >= 0.6 is 0 Å². The third-order valence-corrected chi connectivity index (χ3v) is 2.88. The topological polar surface area (TPSA) is 64.3 Å². The third-order valence-electron chi connectivity index (χ3n) is 2.88. The van der Waals surface area contributed by atoms with E-state index in [2.05, 4.69) is 5.32 Å². The molecule has 2 atom stereocenters. The molecular weight excluding hydrogens is 247 g/mol. The van der Waals surface area contributed by atoms with Crippen molar-refractivity contribution in [1.82, 2.24) is 0 Å². The van der Waals surface area contributed by atoms with Gasteiger partial charge in [-0.3, -0.25) is 5.32 Å². The van der Waals surface area contributed by atoms with Crippen LogP contribution in [-0.4, -0.2) is 17.7 Å². The summed E-state index contributed by atoms with van der Waals surface area (Å²) in [6.07, 6.45) is 0.234. The number of carbonyl (C=O) groups excluding carboxylic acids is 1. The van der Waals surface area contributed by atoms with Crippen LogP contribution in [0, 0.1) is 5.82 Å². The number of halogens is 1. The summed E-state index contributed by atoms with van der Waals surface area (Å²) in [7, 11) is 0. The van der Waals surface area contributed by atoms with E-state index in [1.165, 1.54) is 12.1 Å². The normalized spacial score (nSPS) is 21.9. The standard InChI is InChI=1S/C14H19FN2O2/c1-14(2,3)19-13(18)17-8-4-5-11(15)9(6-8)10-7-12(10)16/h4-6,10,12H,7,16H2,1-3H3,(H,17,18)/t10-,12+/m0/s1. The van der Waals surface area contributed by atoms with Gasteiger partial charge in [0.25, 0.3) is 0 Å². The Morgan fingerprint density at radius 3 is 2.63 bits per heavy atom. The highest BCUT2D eigenvalue weighted by Gasteiger charge is 2.36. The second kappa shape index (κ2) is 4.81. The maximum absolute atomic E-state index is 13.6. The summed E-state index contributed by atoms with van der Waals surface area (Å²) < 4.78 is 18.8. The largest absolute Gasteiger partial charge is 0.444 e. The van der Waals surface area contributed by atoms with Crippen molar-refractivity contribution in [2.24, 2.45) is 5.73 Å². The molecular formula is C14H19FN2O2. The maximum Gasteiger partial charge on any atom is 0.412 e. The number of carbonyl (C=O) groups is 1. The molecule has 0 unspecified atom stereocenters. The third kappa shape index (κ3) is 3.67. The van der Waals surface area contributed by atoms with Crippen molar-refractivity contribution in [3.05, 3.63) is 29.6 Å². The lowest BCUT2D eigenvalue weighted by Gasteiger charge is -2.19. The molecule has 1 aliphatic rings. The van der Waals surface area contributed by atoms with Crippen LogP contribution in [0.5, 0.6) is 0 Å². The van der Waals surface area contributed by atoms with Gasteiger partial charge in [0.05, 0.1) is 0 Å². The van der Waals surface area contributed by atoms with Gasteiger partial charge in [-0.2, -0.15) is 0 Å². The fraction of sp³-hybridized carbons (Fsp3) is 0.500. The van der Waals surface area contributed by atoms with Crippen molar-refractivity contribution in [3.8, 4) is 0 Å². The van der Waals surface area contributed by atoms with E-state index in [0.717, 1.165) is 6.42 Å². The van der Waals surface area contributed by atoms with Crippen molar-refractivity contribution in [1.29, 1.82) is 0 Å². The summed E-state index contributed by atoms with van der Waals surface area (Å²) in [5, 5.41) is 2.59. The second-order valence-corrected chi connectivity index (χ2v) is 5.87. The number of nitrogens with two attached hydrogens (primary N) is 1. The smallest absolute Gasteiger partial charge is 0.412 e. The van der Waals surface area contributed by atoms with Gasteiger partial charge in [0.1, 0.15) is 11.4 Å². The van der Waals surface area contributed by atoms with Gasteiger partial charge in [-0.05, 0) is 51.0 Å². The SMILES string of the molecule is CC(C)(C)OC(=O)Nc1ccc(F)c([C@@H]2C[C@H]2N)c1. The number of rotatable bonds is 2. The predicted molar refractivity (Wildman–Crippen MR) is 71.6 cm³/mol. The Bertz CT molecular complexity index is 497. The molecule has 1 amide bonds. The number of anilines is 1. The second-order valence-electron chi connectivity index (χ2n) is 5.87. The molecule has 19 heavy (non-hydrogen) atoms. The molecule has 0 radical (unpaired) electrons. The van der Waals surface area contributed by atoms with Gasteiger partial charge in [0, 0.05) is 17.6 Å². The molecule has 4 nitrogen and oxygen atoms in total. The highest BCUT2D eigenvalue weighted by atomic mass is 19.1. The number of benzene rings is 1. The first-order chi connectivity index (χ1) is 8.76. The van der Waals surface area contributed by atoms with E-state index in [-0.39, 0.29) is 17.8 Å². The van der Waals surface area contributed by atoms with Gasteiger partial charge in [0.2, 0.25) is 0 Å². The molecule has 5 heteroatoms. The van der Waals surface area contributed by atoms with E-state index in [1.54, 1.807) is 26.8 Å². The lowest BCUT2D eigenvalue weighted by Crippen LogP contribution is -2.27. The summed E-state index contributed by atoms with van der Waals surface area (Å²) in [5.41, 5.74) is 6.23. The Morgan fingerprint density at radius 1 is 1.47 bits per heavy atom. The van der Waals surface area contributed by atoms with Gasteiger partial charge < -0.3 is 10.5 Å². The number of amides is 1. The summed E-state index contributed by atoms with van der Waals surface area (Å²) in [6.45, 7) is 5.35. The molecule has 1 aromatic rings. The van der Waals surface area contributed by atoms with Crippen LogP contribution in [0.3, 0.4) is 0 Å². The van der Waals surface area contributed by atoms with E-state index >= 15 is 0 Å². The zero-order valence-corrected chi connectivity index (χ0v) is 11.4. The Labute approximate surface area is 112 Å². The lowest BCUT2D eigenvalue weighted by atomic mass is 10.1. The monoisotopic (exact) mass is 266 g/mol. The molecule has 1 fully saturated rings. The van der Waals surface area contributed by atoms with E-state index in [4.69, 9.17) is 10.5 Å². The minimum Gasteiger partial charge on any atom is -0.444 e. The maximum atomic E-state index is 13.6. The van der Waals surface area contributed by atoms with E-state index in [1.807, 2.05) is 0 Å². The average molecular weight is 266 g/mol. The zero-order chi connectivity index (χ0) is 14.2. The van der Waals surface area contributed by atoms with Gasteiger partial charge in [-0.1, -0.05) is 0 Å². The molecule has 0 saturated heterocycles. The van der Waals surface area contributed by atoms with Crippen LogP contribution < -0.4 is 11.1 Å². The molecule has 0 bridgehead atoms. The molecule has 0 aliphatic heterocycles. The number of ether oxygens (including phenoxy) is 1. The number of hydrogen-bond donors (Lipinski definition) is 2. The predicted octanol–water partition coefficient (Wildman–Crippen LogP) is 2.99. The summed E-state index contributed by atoms with van der Waals surface area (Å²) in [6, 6.07) is 4.49. The van der Waals surface area contributed by atoms with Crippen LogP contribution in [0.15, 0.2) is 18.2 Å². The molecule has 1 aromatic carbocycles. The first-order valence-corrected chi connectivity index (χ1v) is 6.31. The average Bonchev–Trinajstić information content (AvgIpc) is 2.95. The zero-order valence-electron chi connectivity index (χ0n) is 11.4. The van der Waals surface area contributed by atoms with Gasteiger partial charge in [-0.25, -0.2) is 9.18 Å². The molecule has 0 spiro atoms. The molecule has 104 valence electrons. The van der Waals surface area contributed by atoms with Crippen molar-refractivity contribution in [2.45, 2.75) is 44.8 Å². The van der Waals surface area contributed by atoms with Gasteiger partial charge in [-0.15, -0.1) is 0 Å². The van der Waals surface area contributed by atoms with E-state index in [9.17, 15) is 9.18 Å². The Morgan fingerprint density at radius 2 is 2.11 bits per heavy atom. The molecule has 1 aliphatic carbocycles. The van der Waals surface area contributed by atoms with E-state index in [0.29, 0.717) is 11.3 Å². The van der Waals surface area contributed by atoms with Crippen molar-refractivity contribution in [2.75, 3.05) is 5.32 Å². The lowest BCUT2D eigenvalue weighted by molar-refractivity contribution is 0.0636. The van der Waals surface area contributed by atoms with Crippen molar-refractivity contribution >= 4 is 11.8 Å². The van der Waals surface area contributed by atoms with Crippen LogP contribution in [0.1, 0.15) is 38.7 Å². The van der Waals surface area contributed by atoms with Gasteiger partial charge >= 0.3 is 6.09 Å². The fourth-order valence-electron chi connectivity index (χ4n) is 1.90. The van der Waals surface area contributed by atoms with Crippen LogP contribution in [0.25, 0.3) is 0 Å². The molecule has 1 saturated carbocycles. The quantitative estimate of drug-likeness (QED) is 0.865. The first-order valence-electron chi connectivity index (χ1n) is 6.31. The Kier molecular flexibility index (Phi) is 3.49. The minimum atomic E-state index is -0.564. The summed E-state index contributed by atoms with van der Waals surface area (Å²) >= 11 is 0. The van der Waals surface area contributed by atoms with Crippen LogP contribution in [0.4, 0.5) is 14.9 Å². The molecule has 0 heterocycles. The highest BCUT2D eigenvalue weighted by molar-refractivity contribution is 5.85. The van der Waals surface area contributed by atoms with Gasteiger partial charge in [0.15, 0.2) is 0 Å². The van der Waals surface area contributed by atoms with Crippen LogP contribution in [-0.2, 0) is 4.74 Å². The summed E-state index contributed by atoms with van der Waals surface area (Å²) in [4.78, 5) is 11.6. The van der Waals surface area contributed by atoms with Crippen LogP contribution in [0.2, 0.25) is 0 Å². The Hall–Kier alpha value is -1.62. The number of hydrogen-bond acceptors (Lipinski definition) is 3. The first kappa shape index (κ1) is 13.8. The summed E-state index contributed by atoms with van der Waals surface area (Å²) in [5.74, 6) is -0.229. The fourth-order valence-corrected chi connectivity index (χ4v) is 1.90. The number of nitrogens with one attached hydrogen (secondary N) is 1. The van der Waals surface area contributed by atoms with E-state index < -0.39 is 11.7 Å². The van der Waals surface area contributed by atoms with Crippen molar-refractivity contribution < 1.29 is 13.9 Å². The van der Waals surface area contributed by atoms with Crippen molar-refractivity contribution in [3.63, 3.8) is 0 Å². The molecule has 0 aromatic heterocycles. The highest BCUT2D eigenvalue weighted by Crippen LogP contribution is 2.41.